The first-order valence-electron chi connectivity index (χ1n) is 6.56. The fourth-order valence-electron chi connectivity index (χ4n) is 2.12. The minimum absolute atomic E-state index is 0.0198. The van der Waals surface area contributed by atoms with Crippen molar-refractivity contribution in [3.63, 3.8) is 0 Å². The Morgan fingerprint density at radius 1 is 1.53 bits per heavy atom. The predicted octanol–water partition coefficient (Wildman–Crippen LogP) is 1.38. The van der Waals surface area contributed by atoms with Crippen LogP contribution in [0.1, 0.15) is 33.6 Å². The third-order valence-electron chi connectivity index (χ3n) is 3.30. The van der Waals surface area contributed by atoms with Gasteiger partial charge in [-0.15, -0.1) is 0 Å². The molecule has 0 aromatic carbocycles. The molecule has 98 valence electrons. The molecule has 0 aromatic rings. The van der Waals surface area contributed by atoms with Crippen LogP contribution in [0, 0.1) is 11.3 Å². The van der Waals surface area contributed by atoms with Crippen molar-refractivity contribution in [1.29, 1.82) is 5.26 Å². The normalized spacial score (nSPS) is 22.0. The van der Waals surface area contributed by atoms with Crippen molar-refractivity contribution in [1.82, 2.24) is 10.2 Å². The van der Waals surface area contributed by atoms with E-state index < -0.39 is 0 Å². The van der Waals surface area contributed by atoms with Crippen LogP contribution >= 0.6 is 0 Å². The third kappa shape index (κ3) is 4.63. The van der Waals surface area contributed by atoms with Gasteiger partial charge in [-0.2, -0.15) is 5.26 Å². The van der Waals surface area contributed by atoms with Gasteiger partial charge in [-0.25, -0.2) is 0 Å². The van der Waals surface area contributed by atoms with E-state index in [0.717, 1.165) is 45.7 Å². The summed E-state index contributed by atoms with van der Waals surface area (Å²) in [4.78, 5) is 2.43. The largest absolute Gasteiger partial charge is 0.378 e. The molecule has 0 aliphatic carbocycles. The molecule has 0 aromatic heterocycles. The highest BCUT2D eigenvalue weighted by molar-refractivity contribution is 4.92. The zero-order chi connectivity index (χ0) is 12.7. The van der Waals surface area contributed by atoms with Gasteiger partial charge >= 0.3 is 0 Å². The lowest BCUT2D eigenvalue weighted by molar-refractivity contribution is -0.0515. The summed E-state index contributed by atoms with van der Waals surface area (Å²) in [6.07, 6.45) is 1.96. The predicted molar refractivity (Wildman–Crippen MR) is 68.8 cm³/mol. The second-order valence-corrected chi connectivity index (χ2v) is 5.28. The molecule has 1 atom stereocenters. The van der Waals surface area contributed by atoms with Gasteiger partial charge in [-0.05, 0) is 33.2 Å². The molecule has 0 spiro atoms. The van der Waals surface area contributed by atoms with Crippen LogP contribution in [0.4, 0.5) is 0 Å². The second kappa shape index (κ2) is 6.95. The Labute approximate surface area is 105 Å². The Balaban J connectivity index is 2.35. The van der Waals surface area contributed by atoms with Crippen LogP contribution in [-0.2, 0) is 4.74 Å². The molecular formula is C13H25N3O. The zero-order valence-corrected chi connectivity index (χ0v) is 11.3. The van der Waals surface area contributed by atoms with E-state index in [1.54, 1.807) is 0 Å². The molecule has 0 amide bonds. The van der Waals surface area contributed by atoms with Gasteiger partial charge in [0, 0.05) is 18.6 Å². The van der Waals surface area contributed by atoms with Crippen molar-refractivity contribution in [2.45, 2.75) is 45.2 Å². The van der Waals surface area contributed by atoms with E-state index in [1.165, 1.54) is 0 Å². The second-order valence-electron chi connectivity index (χ2n) is 5.28. The van der Waals surface area contributed by atoms with Crippen molar-refractivity contribution >= 4 is 0 Å². The average Bonchev–Trinajstić information content (AvgIpc) is 2.30. The lowest BCUT2D eigenvalue weighted by Crippen LogP contribution is -2.53. The monoisotopic (exact) mass is 239 g/mol. The smallest absolute Gasteiger partial charge is 0.0965 e. The maximum atomic E-state index is 9.06. The Hall–Kier alpha value is -0.630. The number of morpholine rings is 1. The van der Waals surface area contributed by atoms with Crippen LogP contribution in [0.25, 0.3) is 0 Å². The number of nitrogens with one attached hydrogen (secondary N) is 1. The summed E-state index contributed by atoms with van der Waals surface area (Å²) in [7, 11) is 0. The molecule has 4 nitrogen and oxygen atoms in total. The minimum atomic E-state index is -0.0198. The number of hydrogen-bond acceptors (Lipinski definition) is 4. The van der Waals surface area contributed by atoms with Crippen LogP contribution in [0.2, 0.25) is 0 Å². The first-order valence-corrected chi connectivity index (χ1v) is 6.56. The van der Waals surface area contributed by atoms with Crippen molar-refractivity contribution in [2.24, 2.45) is 0 Å². The molecule has 0 bridgehead atoms. The average molecular weight is 239 g/mol. The molecule has 1 rings (SSSR count). The molecule has 1 heterocycles. The third-order valence-corrected chi connectivity index (χ3v) is 3.30. The van der Waals surface area contributed by atoms with Gasteiger partial charge < -0.3 is 10.1 Å². The van der Waals surface area contributed by atoms with Crippen molar-refractivity contribution < 1.29 is 4.74 Å². The summed E-state index contributed by atoms with van der Waals surface area (Å²) in [6.45, 7) is 11.0. The fraction of sp³-hybridized carbons (Fsp3) is 0.923. The van der Waals surface area contributed by atoms with Gasteiger partial charge in [0.15, 0.2) is 0 Å². The summed E-state index contributed by atoms with van der Waals surface area (Å²) in [5, 5.41) is 12.3. The molecule has 1 N–H and O–H groups in total. The van der Waals surface area contributed by atoms with E-state index >= 15 is 0 Å². The van der Waals surface area contributed by atoms with Gasteiger partial charge in [0.05, 0.1) is 25.3 Å². The van der Waals surface area contributed by atoms with Gasteiger partial charge in [0.1, 0.15) is 0 Å². The summed E-state index contributed by atoms with van der Waals surface area (Å²) in [6, 6.07) is 2.31. The molecule has 4 heteroatoms. The molecule has 1 aliphatic heterocycles. The summed E-state index contributed by atoms with van der Waals surface area (Å²) >= 11 is 0. The highest BCUT2D eigenvalue weighted by Gasteiger charge is 2.30. The zero-order valence-electron chi connectivity index (χ0n) is 11.3. The number of nitrogens with zero attached hydrogens (tertiary/aromatic N) is 2. The van der Waals surface area contributed by atoms with E-state index in [-0.39, 0.29) is 11.6 Å². The molecular weight excluding hydrogens is 214 g/mol. The lowest BCUT2D eigenvalue weighted by Gasteiger charge is -2.42. The molecule has 0 saturated carbocycles. The van der Waals surface area contributed by atoms with Gasteiger partial charge in [0.25, 0.3) is 0 Å². The Morgan fingerprint density at radius 3 is 2.88 bits per heavy atom. The van der Waals surface area contributed by atoms with Crippen LogP contribution in [0.3, 0.4) is 0 Å². The summed E-state index contributed by atoms with van der Waals surface area (Å²) < 4.78 is 5.49. The van der Waals surface area contributed by atoms with E-state index in [4.69, 9.17) is 10.00 Å². The first-order chi connectivity index (χ1) is 8.10. The molecule has 1 aliphatic rings. The topological polar surface area (TPSA) is 48.3 Å². The summed E-state index contributed by atoms with van der Waals surface area (Å²) in [5.74, 6) is 0. The van der Waals surface area contributed by atoms with Crippen molar-refractivity contribution in [3.8, 4) is 6.07 Å². The number of ether oxygens (including phenoxy) is 1. The van der Waals surface area contributed by atoms with Gasteiger partial charge in [-0.3, -0.25) is 4.90 Å². The number of hydrogen-bond donors (Lipinski definition) is 1. The van der Waals surface area contributed by atoms with Crippen LogP contribution in [0.15, 0.2) is 0 Å². The lowest BCUT2D eigenvalue weighted by atomic mass is 10.0. The van der Waals surface area contributed by atoms with E-state index in [0.29, 0.717) is 0 Å². The van der Waals surface area contributed by atoms with E-state index in [9.17, 15) is 0 Å². The Morgan fingerprint density at radius 2 is 2.29 bits per heavy atom. The van der Waals surface area contributed by atoms with Gasteiger partial charge in [0.2, 0.25) is 0 Å². The maximum absolute atomic E-state index is 9.06. The minimum Gasteiger partial charge on any atom is -0.378 e. The van der Waals surface area contributed by atoms with Crippen LogP contribution < -0.4 is 5.32 Å². The van der Waals surface area contributed by atoms with E-state index in [1.807, 2.05) is 0 Å². The molecule has 1 unspecified atom stereocenters. The molecule has 1 fully saturated rings. The maximum Gasteiger partial charge on any atom is 0.0965 e. The Kier molecular flexibility index (Phi) is 5.90. The highest BCUT2D eigenvalue weighted by atomic mass is 16.5. The number of rotatable bonds is 6. The molecule has 1 saturated heterocycles. The van der Waals surface area contributed by atoms with Gasteiger partial charge in [-0.1, -0.05) is 6.92 Å². The van der Waals surface area contributed by atoms with Crippen molar-refractivity contribution in [3.05, 3.63) is 0 Å². The van der Waals surface area contributed by atoms with Crippen LogP contribution in [0.5, 0.6) is 0 Å². The number of nitriles is 1. The first kappa shape index (κ1) is 14.4. The Bertz CT molecular complexity index is 260. The van der Waals surface area contributed by atoms with E-state index in [2.05, 4.69) is 37.1 Å². The van der Waals surface area contributed by atoms with Crippen molar-refractivity contribution in [2.75, 3.05) is 32.8 Å². The quantitative estimate of drug-likeness (QED) is 0.761. The van der Waals surface area contributed by atoms with Crippen LogP contribution in [-0.4, -0.2) is 49.3 Å². The molecule has 17 heavy (non-hydrogen) atoms. The standard InChI is InChI=1S/C13H25N3O/c1-4-6-15-12(10-14)5-7-16-8-9-17-11-13(16,2)3/h12,15H,4-9,11H2,1-3H3. The highest BCUT2D eigenvalue weighted by Crippen LogP contribution is 2.19. The fourth-order valence-corrected chi connectivity index (χ4v) is 2.12. The molecule has 0 radical (unpaired) electrons. The SMILES string of the molecule is CCCNC(C#N)CCN1CCOCC1(C)C. The summed E-state index contributed by atoms with van der Waals surface area (Å²) in [5.41, 5.74) is 0.100.